The first kappa shape index (κ1) is 13.5. The van der Waals surface area contributed by atoms with E-state index in [2.05, 4.69) is 68.2 Å². The molecule has 0 fully saturated rings. The average molecular weight is 300 g/mol. The molecule has 23 heavy (non-hydrogen) atoms. The molecular weight excluding hydrogens is 284 g/mol. The molecule has 4 heteroatoms. The highest BCUT2D eigenvalue weighted by atomic mass is 15.1. The summed E-state index contributed by atoms with van der Waals surface area (Å²) in [5.41, 5.74) is 5.42. The first-order chi connectivity index (χ1) is 11.4. The molecule has 0 aliphatic rings. The van der Waals surface area contributed by atoms with Gasteiger partial charge in [-0.3, -0.25) is 4.40 Å². The van der Waals surface area contributed by atoms with Gasteiger partial charge in [0.15, 0.2) is 11.5 Å². The molecule has 2 aromatic heterocycles. The molecule has 0 aliphatic carbocycles. The van der Waals surface area contributed by atoms with Gasteiger partial charge in [-0.05, 0) is 17.2 Å². The molecule has 112 valence electrons. The highest BCUT2D eigenvalue weighted by Gasteiger charge is 2.10. The van der Waals surface area contributed by atoms with E-state index in [-0.39, 0.29) is 0 Å². The number of nitrogens with zero attached hydrogens (tertiary/aromatic N) is 3. The Kier molecular flexibility index (Phi) is 3.27. The van der Waals surface area contributed by atoms with Gasteiger partial charge in [-0.25, -0.2) is 9.97 Å². The molecule has 2 aromatic carbocycles. The minimum Gasteiger partial charge on any atom is -0.370 e. The van der Waals surface area contributed by atoms with E-state index in [1.807, 2.05) is 25.5 Å². The summed E-state index contributed by atoms with van der Waals surface area (Å²) in [7, 11) is 1.85. The second-order valence-electron chi connectivity index (χ2n) is 5.31. The molecule has 0 unspecified atom stereocenters. The largest absolute Gasteiger partial charge is 0.370 e. The summed E-state index contributed by atoms with van der Waals surface area (Å²) in [6.07, 6.45) is 5.61. The van der Waals surface area contributed by atoms with Gasteiger partial charge in [0.1, 0.15) is 0 Å². The van der Waals surface area contributed by atoms with Crippen molar-refractivity contribution in [1.82, 2.24) is 14.4 Å². The van der Waals surface area contributed by atoms with Crippen LogP contribution in [0.2, 0.25) is 0 Å². The third kappa shape index (κ3) is 2.34. The Morgan fingerprint density at radius 3 is 2.48 bits per heavy atom. The van der Waals surface area contributed by atoms with Gasteiger partial charge in [-0.2, -0.15) is 0 Å². The maximum absolute atomic E-state index is 4.51. The van der Waals surface area contributed by atoms with Crippen molar-refractivity contribution >= 4 is 11.5 Å². The van der Waals surface area contributed by atoms with Gasteiger partial charge in [0.25, 0.3) is 0 Å². The van der Waals surface area contributed by atoms with Crippen LogP contribution in [0.25, 0.3) is 28.0 Å². The highest BCUT2D eigenvalue weighted by Crippen LogP contribution is 2.27. The average Bonchev–Trinajstić information content (AvgIpc) is 3.07. The molecule has 0 aliphatic heterocycles. The van der Waals surface area contributed by atoms with Gasteiger partial charge >= 0.3 is 0 Å². The summed E-state index contributed by atoms with van der Waals surface area (Å²) in [5.74, 6) is 0.776. The minimum absolute atomic E-state index is 0.776. The van der Waals surface area contributed by atoms with Crippen LogP contribution >= 0.6 is 0 Å². The van der Waals surface area contributed by atoms with Crippen molar-refractivity contribution in [2.45, 2.75) is 0 Å². The van der Waals surface area contributed by atoms with Crippen molar-refractivity contribution in [1.29, 1.82) is 0 Å². The van der Waals surface area contributed by atoms with Crippen molar-refractivity contribution in [2.75, 3.05) is 12.4 Å². The second-order valence-corrected chi connectivity index (χ2v) is 5.31. The van der Waals surface area contributed by atoms with E-state index in [9.17, 15) is 0 Å². The molecule has 0 saturated heterocycles. The first-order valence-electron chi connectivity index (χ1n) is 7.52. The lowest BCUT2D eigenvalue weighted by Gasteiger charge is -2.07. The fraction of sp³-hybridized carbons (Fsp3) is 0.0526. The van der Waals surface area contributed by atoms with Crippen LogP contribution in [-0.2, 0) is 0 Å². The Morgan fingerprint density at radius 1 is 0.870 bits per heavy atom. The van der Waals surface area contributed by atoms with Crippen LogP contribution in [0.1, 0.15) is 0 Å². The van der Waals surface area contributed by atoms with E-state index in [0.29, 0.717) is 0 Å². The number of aromatic nitrogens is 3. The van der Waals surface area contributed by atoms with Gasteiger partial charge < -0.3 is 5.32 Å². The number of rotatable bonds is 3. The van der Waals surface area contributed by atoms with Crippen molar-refractivity contribution in [3.8, 4) is 22.4 Å². The van der Waals surface area contributed by atoms with E-state index in [1.165, 1.54) is 11.1 Å². The standard InChI is InChI=1S/C19H16N4/c1-20-18-19-22-13-17(23(19)11-10-21-18)16-9-5-8-15(12-16)14-6-3-2-4-7-14/h2-13H,1H3,(H,20,21). The van der Waals surface area contributed by atoms with Gasteiger partial charge in [-0.1, -0.05) is 48.5 Å². The highest BCUT2D eigenvalue weighted by molar-refractivity contribution is 5.74. The molecule has 2 heterocycles. The quantitative estimate of drug-likeness (QED) is 0.619. The molecule has 4 nitrogen and oxygen atoms in total. The predicted molar refractivity (Wildman–Crippen MR) is 93.4 cm³/mol. The van der Waals surface area contributed by atoms with E-state index in [1.54, 1.807) is 6.20 Å². The van der Waals surface area contributed by atoms with E-state index >= 15 is 0 Å². The normalized spacial score (nSPS) is 10.8. The third-order valence-corrected chi connectivity index (χ3v) is 3.93. The van der Waals surface area contributed by atoms with Crippen molar-refractivity contribution < 1.29 is 0 Å². The molecular formula is C19H16N4. The fourth-order valence-electron chi connectivity index (χ4n) is 2.80. The number of benzene rings is 2. The van der Waals surface area contributed by atoms with E-state index < -0.39 is 0 Å². The summed E-state index contributed by atoms with van der Waals surface area (Å²) in [4.78, 5) is 8.81. The molecule has 0 radical (unpaired) electrons. The monoisotopic (exact) mass is 300 g/mol. The van der Waals surface area contributed by atoms with Crippen LogP contribution in [0, 0.1) is 0 Å². The Bertz CT molecular complexity index is 957. The van der Waals surface area contributed by atoms with Gasteiger partial charge in [0, 0.05) is 25.0 Å². The van der Waals surface area contributed by atoms with Crippen LogP contribution in [-0.4, -0.2) is 21.4 Å². The number of imidazole rings is 1. The van der Waals surface area contributed by atoms with Crippen LogP contribution in [0.3, 0.4) is 0 Å². The summed E-state index contributed by atoms with van der Waals surface area (Å²) >= 11 is 0. The van der Waals surface area contributed by atoms with Crippen LogP contribution in [0.4, 0.5) is 5.82 Å². The molecule has 0 amide bonds. The zero-order chi connectivity index (χ0) is 15.6. The Morgan fingerprint density at radius 2 is 1.65 bits per heavy atom. The minimum atomic E-state index is 0.776. The van der Waals surface area contributed by atoms with Crippen molar-refractivity contribution in [2.24, 2.45) is 0 Å². The number of fused-ring (bicyclic) bond motifs is 1. The lowest BCUT2D eigenvalue weighted by molar-refractivity contribution is 1.13. The number of anilines is 1. The zero-order valence-electron chi connectivity index (χ0n) is 12.8. The molecule has 0 atom stereocenters. The Balaban J connectivity index is 1.86. The van der Waals surface area contributed by atoms with E-state index in [4.69, 9.17) is 0 Å². The molecule has 4 rings (SSSR count). The molecule has 1 N–H and O–H groups in total. The lowest BCUT2D eigenvalue weighted by Crippen LogP contribution is -1.97. The molecule has 4 aromatic rings. The zero-order valence-corrected chi connectivity index (χ0v) is 12.8. The maximum atomic E-state index is 4.51. The van der Waals surface area contributed by atoms with Gasteiger partial charge in [0.05, 0.1) is 11.9 Å². The Hall–Kier alpha value is -3.14. The second kappa shape index (κ2) is 5.57. The van der Waals surface area contributed by atoms with Gasteiger partial charge in [0.2, 0.25) is 0 Å². The SMILES string of the molecule is CNc1nccn2c(-c3cccc(-c4ccccc4)c3)cnc12. The van der Waals surface area contributed by atoms with Crippen LogP contribution in [0.15, 0.2) is 73.2 Å². The summed E-state index contributed by atoms with van der Waals surface area (Å²) < 4.78 is 2.06. The summed E-state index contributed by atoms with van der Waals surface area (Å²) in [5, 5.41) is 3.08. The van der Waals surface area contributed by atoms with Crippen LogP contribution in [0.5, 0.6) is 0 Å². The van der Waals surface area contributed by atoms with Crippen molar-refractivity contribution in [3.05, 3.63) is 73.2 Å². The number of nitrogens with one attached hydrogen (secondary N) is 1. The number of hydrogen-bond donors (Lipinski definition) is 1. The van der Waals surface area contributed by atoms with Crippen LogP contribution < -0.4 is 5.32 Å². The summed E-state index contributed by atoms with van der Waals surface area (Å²) in [6.45, 7) is 0. The molecule has 0 bridgehead atoms. The maximum Gasteiger partial charge on any atom is 0.180 e. The van der Waals surface area contributed by atoms with E-state index in [0.717, 1.165) is 22.7 Å². The predicted octanol–water partition coefficient (Wildman–Crippen LogP) is 4.11. The first-order valence-corrected chi connectivity index (χ1v) is 7.52. The smallest absolute Gasteiger partial charge is 0.180 e. The lowest BCUT2D eigenvalue weighted by atomic mass is 10.0. The third-order valence-electron chi connectivity index (χ3n) is 3.93. The Labute approximate surface area is 134 Å². The molecule has 0 saturated carbocycles. The molecule has 0 spiro atoms. The fourth-order valence-corrected chi connectivity index (χ4v) is 2.80. The number of hydrogen-bond acceptors (Lipinski definition) is 3. The van der Waals surface area contributed by atoms with Gasteiger partial charge in [-0.15, -0.1) is 0 Å². The van der Waals surface area contributed by atoms with Crippen molar-refractivity contribution in [3.63, 3.8) is 0 Å². The summed E-state index contributed by atoms with van der Waals surface area (Å²) in [6, 6.07) is 18.9. The topological polar surface area (TPSA) is 42.2 Å².